The zero-order valence-corrected chi connectivity index (χ0v) is 15.7. The van der Waals surface area contributed by atoms with Crippen LogP contribution >= 0.6 is 0 Å². The van der Waals surface area contributed by atoms with Crippen molar-refractivity contribution in [1.29, 1.82) is 0 Å². The van der Waals surface area contributed by atoms with Gasteiger partial charge in [-0.05, 0) is 38.0 Å². The maximum Gasteiger partial charge on any atom is 0.321 e. The minimum atomic E-state index is -0.915. The molecule has 2 heterocycles. The van der Waals surface area contributed by atoms with Crippen LogP contribution in [0.2, 0.25) is 0 Å². The van der Waals surface area contributed by atoms with Crippen LogP contribution < -0.4 is 5.32 Å². The Morgan fingerprint density at radius 3 is 2.48 bits per heavy atom. The molecule has 8 nitrogen and oxygen atoms in total. The third-order valence-electron chi connectivity index (χ3n) is 5.29. The van der Waals surface area contributed by atoms with Gasteiger partial charge in [-0.2, -0.15) is 0 Å². The van der Waals surface area contributed by atoms with Gasteiger partial charge in [0.15, 0.2) is 0 Å². The molecule has 8 heteroatoms. The third-order valence-corrected chi connectivity index (χ3v) is 5.29. The Kier molecular flexibility index (Phi) is 5.36. The number of benzene rings is 1. The van der Waals surface area contributed by atoms with Crippen molar-refractivity contribution in [3.63, 3.8) is 0 Å². The van der Waals surface area contributed by atoms with Gasteiger partial charge in [0.1, 0.15) is 0 Å². The molecule has 2 aliphatic heterocycles. The zero-order valence-electron chi connectivity index (χ0n) is 15.7. The standard InChI is InChI=1S/C19H25N3O5/c1-13-3-4-14(11-15(13)16(23)21-7-9-27-10-8-21)20-18(26)22-6-5-19(2,12-22)17(24)25/h3-4,11H,5-10,12H2,1-2H3,(H,20,26)(H,24,25). The number of aliphatic carboxylic acids is 1. The number of carboxylic acid groups (broad SMARTS) is 1. The molecule has 1 aromatic carbocycles. The first-order valence-electron chi connectivity index (χ1n) is 9.07. The van der Waals surface area contributed by atoms with Crippen molar-refractivity contribution in [3.8, 4) is 0 Å². The van der Waals surface area contributed by atoms with Crippen LogP contribution in [0.5, 0.6) is 0 Å². The lowest BCUT2D eigenvalue weighted by Gasteiger charge is -2.27. The van der Waals surface area contributed by atoms with Crippen LogP contribution in [0.3, 0.4) is 0 Å². The van der Waals surface area contributed by atoms with Gasteiger partial charge in [-0.15, -0.1) is 0 Å². The van der Waals surface area contributed by atoms with Crippen molar-refractivity contribution in [2.24, 2.45) is 5.41 Å². The molecular weight excluding hydrogens is 350 g/mol. The first-order valence-corrected chi connectivity index (χ1v) is 9.07. The van der Waals surface area contributed by atoms with Gasteiger partial charge in [0.25, 0.3) is 5.91 Å². The molecule has 2 saturated heterocycles. The summed E-state index contributed by atoms with van der Waals surface area (Å²) >= 11 is 0. The van der Waals surface area contributed by atoms with Crippen molar-refractivity contribution < 1.29 is 24.2 Å². The fourth-order valence-electron chi connectivity index (χ4n) is 3.38. The summed E-state index contributed by atoms with van der Waals surface area (Å²) in [6.07, 6.45) is 0.421. The Morgan fingerprint density at radius 1 is 1.15 bits per heavy atom. The molecule has 1 unspecified atom stereocenters. The van der Waals surface area contributed by atoms with E-state index in [1.807, 2.05) is 6.92 Å². The van der Waals surface area contributed by atoms with Gasteiger partial charge in [-0.1, -0.05) is 6.07 Å². The summed E-state index contributed by atoms with van der Waals surface area (Å²) in [5.41, 5.74) is 0.990. The maximum absolute atomic E-state index is 12.8. The summed E-state index contributed by atoms with van der Waals surface area (Å²) in [6.45, 7) is 6.22. The number of likely N-dealkylation sites (tertiary alicyclic amines) is 1. The molecule has 146 valence electrons. The molecule has 1 atom stereocenters. The van der Waals surface area contributed by atoms with Crippen LogP contribution in [0, 0.1) is 12.3 Å². The highest BCUT2D eigenvalue weighted by molar-refractivity contribution is 5.98. The number of morpholine rings is 1. The number of aryl methyl sites for hydroxylation is 1. The molecule has 2 aliphatic rings. The summed E-state index contributed by atoms with van der Waals surface area (Å²) in [5, 5.41) is 12.1. The van der Waals surface area contributed by atoms with Crippen molar-refractivity contribution in [1.82, 2.24) is 9.80 Å². The molecule has 2 N–H and O–H groups in total. The minimum absolute atomic E-state index is 0.0773. The van der Waals surface area contributed by atoms with E-state index in [9.17, 15) is 19.5 Å². The topological polar surface area (TPSA) is 99.2 Å². The highest BCUT2D eigenvalue weighted by atomic mass is 16.5. The van der Waals surface area contributed by atoms with E-state index >= 15 is 0 Å². The van der Waals surface area contributed by atoms with Crippen molar-refractivity contribution >= 4 is 23.6 Å². The Balaban J connectivity index is 1.70. The molecular formula is C19H25N3O5. The molecule has 3 rings (SSSR count). The van der Waals surface area contributed by atoms with E-state index in [0.29, 0.717) is 50.5 Å². The van der Waals surface area contributed by atoms with E-state index in [1.165, 1.54) is 4.90 Å². The summed E-state index contributed by atoms with van der Waals surface area (Å²) < 4.78 is 5.28. The molecule has 27 heavy (non-hydrogen) atoms. The number of hydrogen-bond donors (Lipinski definition) is 2. The van der Waals surface area contributed by atoms with Crippen LogP contribution in [0.4, 0.5) is 10.5 Å². The number of nitrogens with zero attached hydrogens (tertiary/aromatic N) is 2. The van der Waals surface area contributed by atoms with Crippen LogP contribution in [-0.4, -0.2) is 72.2 Å². The second-order valence-corrected chi connectivity index (χ2v) is 7.40. The number of anilines is 1. The summed E-state index contributed by atoms with van der Waals surface area (Å²) in [5.74, 6) is -0.974. The number of rotatable bonds is 3. The average Bonchev–Trinajstić information content (AvgIpc) is 3.07. The second-order valence-electron chi connectivity index (χ2n) is 7.40. The first-order chi connectivity index (χ1) is 12.8. The lowest BCUT2D eigenvalue weighted by molar-refractivity contribution is -0.146. The summed E-state index contributed by atoms with van der Waals surface area (Å²) in [6, 6.07) is 4.87. The normalized spacial score (nSPS) is 22.6. The largest absolute Gasteiger partial charge is 0.481 e. The zero-order chi connectivity index (χ0) is 19.6. The monoisotopic (exact) mass is 375 g/mol. The summed E-state index contributed by atoms with van der Waals surface area (Å²) in [4.78, 5) is 39.9. The number of amides is 3. The Labute approximate surface area is 158 Å². The van der Waals surface area contributed by atoms with Crippen LogP contribution in [0.1, 0.15) is 29.3 Å². The first kappa shape index (κ1) is 19.2. The van der Waals surface area contributed by atoms with Crippen LogP contribution in [0.25, 0.3) is 0 Å². The molecule has 0 aliphatic carbocycles. The van der Waals surface area contributed by atoms with Crippen molar-refractivity contribution in [2.75, 3.05) is 44.7 Å². The molecule has 0 aromatic heterocycles. The van der Waals surface area contributed by atoms with Crippen molar-refractivity contribution in [3.05, 3.63) is 29.3 Å². The maximum atomic E-state index is 12.8. The number of carbonyl (C=O) groups excluding carboxylic acids is 2. The molecule has 3 amide bonds. The van der Waals surface area contributed by atoms with Gasteiger partial charge in [0, 0.05) is 37.4 Å². The fourth-order valence-corrected chi connectivity index (χ4v) is 3.38. The van der Waals surface area contributed by atoms with E-state index in [1.54, 1.807) is 30.0 Å². The second kappa shape index (κ2) is 7.56. The predicted molar refractivity (Wildman–Crippen MR) is 98.9 cm³/mol. The smallest absolute Gasteiger partial charge is 0.321 e. The van der Waals surface area contributed by atoms with Gasteiger partial charge in [0.2, 0.25) is 0 Å². The van der Waals surface area contributed by atoms with Gasteiger partial charge in [0.05, 0.1) is 18.6 Å². The fraction of sp³-hybridized carbons (Fsp3) is 0.526. The molecule has 1 aromatic rings. The molecule has 0 saturated carbocycles. The molecule has 0 radical (unpaired) electrons. The van der Waals surface area contributed by atoms with E-state index < -0.39 is 11.4 Å². The average molecular weight is 375 g/mol. The van der Waals surface area contributed by atoms with Crippen molar-refractivity contribution in [2.45, 2.75) is 20.3 Å². The van der Waals surface area contributed by atoms with Crippen LogP contribution in [0.15, 0.2) is 18.2 Å². The molecule has 2 fully saturated rings. The highest BCUT2D eigenvalue weighted by Crippen LogP contribution is 2.30. The van der Waals surface area contributed by atoms with Gasteiger partial charge in [-0.3, -0.25) is 9.59 Å². The van der Waals surface area contributed by atoms with Gasteiger partial charge < -0.3 is 25.0 Å². The molecule has 0 bridgehead atoms. The number of carboxylic acids is 1. The predicted octanol–water partition coefficient (Wildman–Crippen LogP) is 1.80. The molecule has 0 spiro atoms. The Hall–Kier alpha value is -2.61. The number of urea groups is 1. The van der Waals surface area contributed by atoms with Gasteiger partial charge in [-0.25, -0.2) is 4.79 Å². The lowest BCUT2D eigenvalue weighted by Crippen LogP contribution is -2.41. The number of ether oxygens (including phenoxy) is 1. The minimum Gasteiger partial charge on any atom is -0.481 e. The summed E-state index contributed by atoms with van der Waals surface area (Å²) in [7, 11) is 0. The number of nitrogens with one attached hydrogen (secondary N) is 1. The van der Waals surface area contributed by atoms with E-state index in [0.717, 1.165) is 5.56 Å². The SMILES string of the molecule is Cc1ccc(NC(=O)N2CCC(C)(C(=O)O)C2)cc1C(=O)N1CCOCC1. The Bertz CT molecular complexity index is 760. The number of carbonyl (C=O) groups is 3. The highest BCUT2D eigenvalue weighted by Gasteiger charge is 2.42. The van der Waals surface area contributed by atoms with E-state index in [2.05, 4.69) is 5.32 Å². The third kappa shape index (κ3) is 4.05. The van der Waals surface area contributed by atoms with E-state index in [-0.39, 0.29) is 18.5 Å². The quantitative estimate of drug-likeness (QED) is 0.839. The lowest BCUT2D eigenvalue weighted by atomic mass is 9.90. The number of hydrogen-bond acceptors (Lipinski definition) is 4. The van der Waals surface area contributed by atoms with E-state index in [4.69, 9.17) is 4.74 Å². The van der Waals surface area contributed by atoms with Crippen LogP contribution in [-0.2, 0) is 9.53 Å². The van der Waals surface area contributed by atoms with Gasteiger partial charge >= 0.3 is 12.0 Å². The Morgan fingerprint density at radius 2 is 1.85 bits per heavy atom.